The van der Waals surface area contributed by atoms with Gasteiger partial charge in [-0.3, -0.25) is 0 Å². The van der Waals surface area contributed by atoms with E-state index in [2.05, 4.69) is 4.52 Å². The maximum Gasteiger partial charge on any atom is 1.00 e. The van der Waals surface area contributed by atoms with Gasteiger partial charge in [0, 0.05) is 6.61 Å². The van der Waals surface area contributed by atoms with Crippen molar-refractivity contribution >= 4 is 8.60 Å². The fourth-order valence-corrected chi connectivity index (χ4v) is 0.497. The second kappa shape index (κ2) is 8.31. The van der Waals surface area contributed by atoms with Crippen molar-refractivity contribution in [3.8, 4) is 0 Å². The molecule has 0 aromatic rings. The molecule has 0 aromatic heterocycles. The van der Waals surface area contributed by atoms with Crippen molar-refractivity contribution in [2.75, 3.05) is 6.61 Å². The number of rotatable bonds is 3. The molecule has 44 valence electrons. The summed E-state index contributed by atoms with van der Waals surface area (Å²) in [6.45, 7) is 2.15. The van der Waals surface area contributed by atoms with E-state index in [0.717, 1.165) is 6.42 Å². The predicted octanol–water partition coefficient (Wildman–Crippen LogP) is -3.64. The van der Waals surface area contributed by atoms with Gasteiger partial charge in [0.1, 0.15) is 0 Å². The third kappa shape index (κ3) is 10.3. The maximum atomic E-state index is 9.57. The Balaban J connectivity index is 0. The van der Waals surface area contributed by atoms with Crippen LogP contribution >= 0.6 is 8.60 Å². The van der Waals surface area contributed by atoms with E-state index in [9.17, 15) is 9.79 Å². The van der Waals surface area contributed by atoms with Crippen LogP contribution in [0.15, 0.2) is 0 Å². The van der Waals surface area contributed by atoms with Crippen LogP contribution < -0.4 is 39.3 Å². The van der Waals surface area contributed by atoms with Crippen LogP contribution in [0.1, 0.15) is 13.3 Å². The van der Waals surface area contributed by atoms with Crippen LogP contribution in [0.25, 0.3) is 0 Å². The summed E-state index contributed by atoms with van der Waals surface area (Å²) >= 11 is 0. The van der Waals surface area contributed by atoms with E-state index in [-0.39, 0.29) is 29.6 Å². The average Bonchev–Trinajstić information content (AvgIpc) is 1.61. The van der Waals surface area contributed by atoms with Crippen molar-refractivity contribution in [2.24, 2.45) is 0 Å². The van der Waals surface area contributed by atoms with Gasteiger partial charge in [-0.15, -0.1) is 0 Å². The fourth-order valence-electron chi connectivity index (χ4n) is 0.166. The minimum Gasteiger partial charge on any atom is -0.820 e. The third-order valence-electron chi connectivity index (χ3n) is 0.401. The molecule has 0 heterocycles. The van der Waals surface area contributed by atoms with E-state index in [0.29, 0.717) is 6.61 Å². The molecule has 0 aliphatic carbocycles. The molecule has 0 bridgehead atoms. The van der Waals surface area contributed by atoms with E-state index in [4.69, 9.17) is 0 Å². The topological polar surface area (TPSA) is 55.3 Å². The van der Waals surface area contributed by atoms with Crippen LogP contribution in [0.4, 0.5) is 0 Å². The van der Waals surface area contributed by atoms with Gasteiger partial charge in [-0.1, -0.05) is 6.92 Å². The zero-order valence-corrected chi connectivity index (χ0v) is 7.98. The van der Waals surface area contributed by atoms with E-state index < -0.39 is 8.60 Å². The molecule has 8 heavy (non-hydrogen) atoms. The molecule has 0 rings (SSSR count). The first kappa shape index (κ1) is 12.0. The molecule has 0 N–H and O–H groups in total. The van der Waals surface area contributed by atoms with Crippen molar-refractivity contribution in [3.05, 3.63) is 0 Å². The summed E-state index contributed by atoms with van der Waals surface area (Å²) in [5.41, 5.74) is 0. The second-order valence-electron chi connectivity index (χ2n) is 1.06. The Morgan fingerprint density at radius 2 is 2.00 bits per heavy atom. The first-order chi connectivity index (χ1) is 3.27. The van der Waals surface area contributed by atoms with E-state index in [1.165, 1.54) is 0 Å². The Hall–Kier alpha value is 1.31. The summed E-state index contributed by atoms with van der Waals surface area (Å²) in [5.74, 6) is 0. The van der Waals surface area contributed by atoms with Crippen molar-refractivity contribution in [3.63, 3.8) is 0 Å². The predicted molar refractivity (Wildman–Crippen MR) is 23.2 cm³/mol. The molecule has 0 saturated carbocycles. The Kier molecular flexibility index (Phi) is 12.5. The number of hydrogen-bond donors (Lipinski definition) is 0. The fraction of sp³-hybridized carbons (Fsp3) is 1.00. The van der Waals surface area contributed by atoms with Gasteiger partial charge in [0.15, 0.2) is 0 Å². The second-order valence-corrected chi connectivity index (χ2v) is 1.76. The molecule has 0 aromatic carbocycles. The van der Waals surface area contributed by atoms with E-state index in [1.807, 2.05) is 6.92 Å². The van der Waals surface area contributed by atoms with Gasteiger partial charge < -0.3 is 14.3 Å². The molecule has 0 unspecified atom stereocenters. The normalized spacial score (nSPS) is 9.00. The zero-order chi connectivity index (χ0) is 5.70. The van der Waals surface area contributed by atoms with Gasteiger partial charge in [-0.2, -0.15) is 8.60 Å². The molecule has 0 atom stereocenters. The van der Waals surface area contributed by atoms with Crippen LogP contribution in [0.2, 0.25) is 0 Å². The summed E-state index contributed by atoms with van der Waals surface area (Å²) in [5, 5.41) is 0. The standard InChI is InChI=1S/C3H7O3P.Na/c1-2-3-6-7(4)5;/h2-3H2,1H3;/q-2;+1. The smallest absolute Gasteiger partial charge is 0.820 e. The Morgan fingerprint density at radius 1 is 1.50 bits per heavy atom. The summed E-state index contributed by atoms with van der Waals surface area (Å²) < 4.78 is 4.14. The van der Waals surface area contributed by atoms with Crippen LogP contribution in [0.5, 0.6) is 0 Å². The van der Waals surface area contributed by atoms with Gasteiger partial charge in [-0.25, -0.2) is 0 Å². The monoisotopic (exact) mass is 145 g/mol. The molecule has 0 amide bonds. The van der Waals surface area contributed by atoms with Gasteiger partial charge in [0.2, 0.25) is 0 Å². The Labute approximate surface area is 72.3 Å². The molecule has 5 heteroatoms. The quantitative estimate of drug-likeness (QED) is 0.304. The molecule has 3 nitrogen and oxygen atoms in total. The van der Waals surface area contributed by atoms with E-state index in [1.54, 1.807) is 0 Å². The van der Waals surface area contributed by atoms with Gasteiger partial charge in [0.25, 0.3) is 0 Å². The van der Waals surface area contributed by atoms with Crippen LogP contribution in [-0.2, 0) is 4.52 Å². The average molecular weight is 145 g/mol. The van der Waals surface area contributed by atoms with Crippen molar-refractivity contribution in [1.29, 1.82) is 0 Å². The zero-order valence-electron chi connectivity index (χ0n) is 5.09. The largest absolute Gasteiger partial charge is 1.00 e. The van der Waals surface area contributed by atoms with Crippen molar-refractivity contribution < 1.29 is 43.9 Å². The minimum atomic E-state index is -2.61. The Bertz CT molecular complexity index is 43.5. The molecule has 0 radical (unpaired) electrons. The van der Waals surface area contributed by atoms with Crippen LogP contribution in [0.3, 0.4) is 0 Å². The van der Waals surface area contributed by atoms with Gasteiger partial charge in [-0.05, 0) is 6.42 Å². The van der Waals surface area contributed by atoms with Gasteiger partial charge >= 0.3 is 29.6 Å². The summed E-state index contributed by atoms with van der Waals surface area (Å²) in [6.07, 6.45) is 0.739. The molecule has 0 aliphatic heterocycles. The van der Waals surface area contributed by atoms with Gasteiger partial charge in [0.05, 0.1) is 0 Å². The third-order valence-corrected chi connectivity index (χ3v) is 0.794. The molecule has 0 spiro atoms. The molecule has 0 saturated heterocycles. The molecule has 0 fully saturated rings. The first-order valence-corrected chi connectivity index (χ1v) is 3.14. The summed E-state index contributed by atoms with van der Waals surface area (Å²) in [7, 11) is -2.61. The minimum absolute atomic E-state index is 0. The Morgan fingerprint density at radius 3 is 2.12 bits per heavy atom. The van der Waals surface area contributed by atoms with Crippen molar-refractivity contribution in [2.45, 2.75) is 13.3 Å². The summed E-state index contributed by atoms with van der Waals surface area (Å²) in [6, 6.07) is 0. The van der Waals surface area contributed by atoms with Crippen LogP contribution in [0, 0.1) is 0 Å². The molecule has 0 aliphatic rings. The molecular formula is C3H7NaO3P-. The van der Waals surface area contributed by atoms with E-state index >= 15 is 0 Å². The SMILES string of the molecule is CCCOP([O-])[O-].[Na+]. The first-order valence-electron chi connectivity index (χ1n) is 2.04. The molecular weight excluding hydrogens is 138 g/mol. The summed E-state index contributed by atoms with van der Waals surface area (Å²) in [4.78, 5) is 19.1. The van der Waals surface area contributed by atoms with Crippen LogP contribution in [-0.4, -0.2) is 6.61 Å². The maximum absolute atomic E-state index is 9.57. The van der Waals surface area contributed by atoms with Crippen molar-refractivity contribution in [1.82, 2.24) is 0 Å². The number of hydrogen-bond acceptors (Lipinski definition) is 3.